The lowest BCUT2D eigenvalue weighted by atomic mass is 10.1. The first-order valence-corrected chi connectivity index (χ1v) is 9.52. The molecule has 1 fully saturated rings. The number of hydrogen-bond acceptors (Lipinski definition) is 8. The van der Waals surface area contributed by atoms with Crippen LogP contribution < -0.4 is 0 Å². The van der Waals surface area contributed by atoms with Crippen molar-refractivity contribution in [3.05, 3.63) is 53.8 Å². The Balaban J connectivity index is 1.39. The highest BCUT2D eigenvalue weighted by molar-refractivity contribution is 5.93. The number of rotatable bonds is 5. The van der Waals surface area contributed by atoms with Crippen LogP contribution >= 0.6 is 0 Å². The first-order chi connectivity index (χ1) is 14.1. The van der Waals surface area contributed by atoms with Crippen LogP contribution in [0.2, 0.25) is 0 Å². The average molecular weight is 394 g/mol. The van der Waals surface area contributed by atoms with Gasteiger partial charge in [-0.1, -0.05) is 5.16 Å². The normalized spacial score (nSPS) is 16.8. The average Bonchev–Trinajstić information content (AvgIpc) is 3.11. The molecule has 0 bridgehead atoms. The lowest BCUT2D eigenvalue weighted by molar-refractivity contribution is -0.0247. The molecule has 0 spiro atoms. The van der Waals surface area contributed by atoms with Gasteiger partial charge in [0.15, 0.2) is 0 Å². The maximum Gasteiger partial charge on any atom is 0.257 e. The van der Waals surface area contributed by atoms with Gasteiger partial charge in [0.25, 0.3) is 5.91 Å². The minimum Gasteiger partial charge on any atom is -0.375 e. The van der Waals surface area contributed by atoms with E-state index in [1.165, 1.54) is 18.7 Å². The van der Waals surface area contributed by atoms with Gasteiger partial charge in [-0.2, -0.15) is 0 Å². The Hall–Kier alpha value is -3.20. The zero-order valence-electron chi connectivity index (χ0n) is 16.4. The summed E-state index contributed by atoms with van der Waals surface area (Å²) in [5.41, 5.74) is 3.93. The van der Waals surface area contributed by atoms with Crippen LogP contribution in [0.5, 0.6) is 0 Å². The highest BCUT2D eigenvalue weighted by Gasteiger charge is 2.25. The number of aromatic nitrogens is 5. The minimum atomic E-state index is -0.0679. The lowest BCUT2D eigenvalue weighted by Gasteiger charge is -2.33. The molecule has 1 amide bonds. The molecule has 1 unspecified atom stereocenters. The molecule has 0 aliphatic carbocycles. The van der Waals surface area contributed by atoms with Crippen molar-refractivity contribution in [2.24, 2.45) is 0 Å². The summed E-state index contributed by atoms with van der Waals surface area (Å²) in [6.07, 6.45) is 7.48. The standard InChI is InChI=1S/C20H22N6O3/c1-13-19(14(2)29-25-13)18-7-16(23-12-24-18)3-4-17-10-26(5-6-28-17)20(27)15-8-21-11-22-9-15/h7-9,11-12,17H,3-6,10H2,1-2H3. The number of amides is 1. The van der Waals surface area contributed by atoms with Crippen LogP contribution in [0.1, 0.15) is 33.9 Å². The molecule has 9 heteroatoms. The van der Waals surface area contributed by atoms with E-state index in [2.05, 4.69) is 25.1 Å². The summed E-state index contributed by atoms with van der Waals surface area (Å²) in [5, 5.41) is 3.99. The third-order valence-electron chi connectivity index (χ3n) is 4.97. The fraction of sp³-hybridized carbons (Fsp3) is 0.400. The van der Waals surface area contributed by atoms with Crippen molar-refractivity contribution in [1.29, 1.82) is 0 Å². The van der Waals surface area contributed by atoms with Gasteiger partial charge in [-0.25, -0.2) is 19.9 Å². The van der Waals surface area contributed by atoms with Crippen LogP contribution in [0.15, 0.2) is 35.6 Å². The summed E-state index contributed by atoms with van der Waals surface area (Å²) in [5.74, 6) is 0.670. The van der Waals surface area contributed by atoms with Crippen LogP contribution in [0.4, 0.5) is 0 Å². The molecule has 9 nitrogen and oxygen atoms in total. The van der Waals surface area contributed by atoms with Crippen molar-refractivity contribution < 1.29 is 14.1 Å². The van der Waals surface area contributed by atoms with E-state index in [-0.39, 0.29) is 12.0 Å². The number of aryl methyl sites for hydroxylation is 3. The van der Waals surface area contributed by atoms with E-state index in [4.69, 9.17) is 9.26 Å². The molecule has 4 heterocycles. The summed E-state index contributed by atoms with van der Waals surface area (Å²) >= 11 is 0. The van der Waals surface area contributed by atoms with Gasteiger partial charge in [0.2, 0.25) is 0 Å². The number of hydrogen-bond donors (Lipinski definition) is 0. The third kappa shape index (κ3) is 4.29. The van der Waals surface area contributed by atoms with E-state index in [0.29, 0.717) is 25.3 Å². The summed E-state index contributed by atoms with van der Waals surface area (Å²) in [7, 11) is 0. The molecular weight excluding hydrogens is 372 g/mol. The van der Waals surface area contributed by atoms with Crippen molar-refractivity contribution in [1.82, 2.24) is 30.0 Å². The first-order valence-electron chi connectivity index (χ1n) is 9.52. The monoisotopic (exact) mass is 394 g/mol. The van der Waals surface area contributed by atoms with Crippen LogP contribution in [0, 0.1) is 13.8 Å². The fourth-order valence-corrected chi connectivity index (χ4v) is 3.50. The Kier molecular flexibility index (Phi) is 5.57. The Morgan fingerprint density at radius 3 is 2.79 bits per heavy atom. The lowest BCUT2D eigenvalue weighted by Crippen LogP contribution is -2.45. The predicted octanol–water partition coefficient (Wildman–Crippen LogP) is 2.01. The summed E-state index contributed by atoms with van der Waals surface area (Å²) in [4.78, 5) is 31.0. The Bertz CT molecular complexity index is 971. The van der Waals surface area contributed by atoms with Crippen molar-refractivity contribution in [2.75, 3.05) is 19.7 Å². The van der Waals surface area contributed by atoms with E-state index in [1.807, 2.05) is 19.9 Å². The highest BCUT2D eigenvalue weighted by Crippen LogP contribution is 2.25. The molecule has 29 heavy (non-hydrogen) atoms. The molecule has 1 saturated heterocycles. The van der Waals surface area contributed by atoms with E-state index in [1.54, 1.807) is 11.2 Å². The molecular formula is C20H22N6O3. The molecule has 1 atom stereocenters. The zero-order chi connectivity index (χ0) is 20.2. The molecule has 4 rings (SSSR count). The molecule has 3 aromatic rings. The largest absolute Gasteiger partial charge is 0.375 e. The van der Waals surface area contributed by atoms with Gasteiger partial charge < -0.3 is 14.2 Å². The van der Waals surface area contributed by atoms with Crippen molar-refractivity contribution in [2.45, 2.75) is 32.8 Å². The number of ether oxygens (including phenoxy) is 1. The van der Waals surface area contributed by atoms with Gasteiger partial charge in [0, 0.05) is 31.2 Å². The van der Waals surface area contributed by atoms with Gasteiger partial charge in [0.1, 0.15) is 18.4 Å². The van der Waals surface area contributed by atoms with Crippen LogP contribution in [-0.4, -0.2) is 61.7 Å². The molecule has 3 aromatic heterocycles. The van der Waals surface area contributed by atoms with E-state index >= 15 is 0 Å². The van der Waals surface area contributed by atoms with Gasteiger partial charge in [-0.05, 0) is 32.8 Å². The molecule has 1 aliphatic rings. The van der Waals surface area contributed by atoms with Crippen LogP contribution in [0.3, 0.4) is 0 Å². The second-order valence-corrected chi connectivity index (χ2v) is 7.00. The molecule has 0 aromatic carbocycles. The SMILES string of the molecule is Cc1noc(C)c1-c1cc(CCC2CN(C(=O)c3cncnc3)CCO2)ncn1. The van der Waals surface area contributed by atoms with E-state index in [9.17, 15) is 4.79 Å². The molecule has 0 radical (unpaired) electrons. The maximum absolute atomic E-state index is 12.6. The molecule has 150 valence electrons. The van der Waals surface area contributed by atoms with Gasteiger partial charge in [-0.3, -0.25) is 4.79 Å². The van der Waals surface area contributed by atoms with E-state index < -0.39 is 0 Å². The fourth-order valence-electron chi connectivity index (χ4n) is 3.50. The van der Waals surface area contributed by atoms with Crippen molar-refractivity contribution in [3.8, 4) is 11.3 Å². The second-order valence-electron chi connectivity index (χ2n) is 7.00. The summed E-state index contributed by atoms with van der Waals surface area (Å²) < 4.78 is 11.1. The molecule has 0 N–H and O–H groups in total. The number of carbonyl (C=O) groups excluding carboxylic acids is 1. The van der Waals surface area contributed by atoms with Crippen LogP contribution in [-0.2, 0) is 11.2 Å². The number of carbonyl (C=O) groups is 1. The summed E-state index contributed by atoms with van der Waals surface area (Å²) in [6, 6.07) is 1.96. The molecule has 0 saturated carbocycles. The molecule has 1 aliphatic heterocycles. The Morgan fingerprint density at radius 2 is 2.03 bits per heavy atom. The number of nitrogens with zero attached hydrogens (tertiary/aromatic N) is 6. The quantitative estimate of drug-likeness (QED) is 0.647. The third-order valence-corrected chi connectivity index (χ3v) is 4.97. The topological polar surface area (TPSA) is 107 Å². The number of morpholine rings is 1. The predicted molar refractivity (Wildman–Crippen MR) is 103 cm³/mol. The Morgan fingerprint density at radius 1 is 1.21 bits per heavy atom. The highest BCUT2D eigenvalue weighted by atomic mass is 16.5. The van der Waals surface area contributed by atoms with Gasteiger partial charge >= 0.3 is 0 Å². The van der Waals surface area contributed by atoms with Gasteiger partial charge in [0.05, 0.1) is 35.2 Å². The van der Waals surface area contributed by atoms with Crippen molar-refractivity contribution in [3.63, 3.8) is 0 Å². The zero-order valence-corrected chi connectivity index (χ0v) is 16.4. The van der Waals surface area contributed by atoms with Crippen LogP contribution in [0.25, 0.3) is 11.3 Å². The van der Waals surface area contributed by atoms with Crippen molar-refractivity contribution >= 4 is 5.91 Å². The minimum absolute atomic E-state index is 0.0465. The Labute approximate surface area is 168 Å². The van der Waals surface area contributed by atoms with Gasteiger partial charge in [-0.15, -0.1) is 0 Å². The summed E-state index contributed by atoms with van der Waals surface area (Å²) in [6.45, 7) is 5.38. The smallest absolute Gasteiger partial charge is 0.257 e. The maximum atomic E-state index is 12.6. The van der Waals surface area contributed by atoms with E-state index in [0.717, 1.165) is 41.2 Å². The second kappa shape index (κ2) is 8.44. The first kappa shape index (κ1) is 19.1.